The number of nitrogens with one attached hydrogen (secondary N) is 2. The molecule has 0 saturated carbocycles. The summed E-state index contributed by atoms with van der Waals surface area (Å²) in [5, 5.41) is 6.23. The fraction of sp³-hybridized carbons (Fsp3) is 0.833. The molecule has 2 fully saturated rings. The molecule has 0 bridgehead atoms. The number of aromatic nitrogens is 2. The molecule has 27 heavy (non-hydrogen) atoms. The van der Waals surface area contributed by atoms with Crippen molar-refractivity contribution in [3.05, 3.63) is 12.5 Å². The highest BCUT2D eigenvalue weighted by Gasteiger charge is 2.40. The van der Waals surface area contributed by atoms with Crippen LogP contribution in [-0.2, 0) is 26.4 Å². The van der Waals surface area contributed by atoms with Crippen molar-refractivity contribution in [1.29, 1.82) is 0 Å². The monoisotopic (exact) mass is 400 g/mol. The van der Waals surface area contributed by atoms with Crippen LogP contribution in [0.25, 0.3) is 0 Å². The molecule has 3 unspecified atom stereocenters. The number of nitrogens with zero attached hydrogens (tertiary/aromatic N) is 2. The predicted molar refractivity (Wildman–Crippen MR) is 102 cm³/mol. The molecule has 9 heteroatoms. The van der Waals surface area contributed by atoms with Gasteiger partial charge >= 0.3 is 0 Å². The highest BCUT2D eigenvalue weighted by molar-refractivity contribution is 7.91. The van der Waals surface area contributed by atoms with Gasteiger partial charge in [-0.3, -0.25) is 5.32 Å². The summed E-state index contributed by atoms with van der Waals surface area (Å²) in [5.41, 5.74) is 0. The molecule has 2 aliphatic heterocycles. The first-order valence-corrected chi connectivity index (χ1v) is 11.5. The Bertz CT molecular complexity index is 687. The molecule has 154 valence electrons. The lowest BCUT2D eigenvalue weighted by atomic mass is 10.0. The van der Waals surface area contributed by atoms with E-state index in [0.29, 0.717) is 26.2 Å². The quantitative estimate of drug-likeness (QED) is 0.598. The Morgan fingerprint density at radius 1 is 1.33 bits per heavy atom. The van der Waals surface area contributed by atoms with Crippen molar-refractivity contribution in [2.45, 2.75) is 61.8 Å². The standard InChI is InChI=1S/C18H32N4O4S/c1-3-4-5-7-16(27(23,24)17-12-22(2)13-20-17)21-15-11-19-10-14(15)18-25-8-6-9-26-18/h12-16,18-19,21H,3-11H2,1-2H3. The molecular formula is C18H32N4O4S. The third-order valence-corrected chi connectivity index (χ3v) is 7.20. The molecule has 2 saturated heterocycles. The van der Waals surface area contributed by atoms with E-state index in [2.05, 4.69) is 22.5 Å². The zero-order valence-electron chi connectivity index (χ0n) is 16.3. The lowest BCUT2D eigenvalue weighted by molar-refractivity contribution is -0.204. The molecule has 0 amide bonds. The Morgan fingerprint density at radius 2 is 2.11 bits per heavy atom. The molecule has 0 radical (unpaired) electrons. The summed E-state index contributed by atoms with van der Waals surface area (Å²) >= 11 is 0. The van der Waals surface area contributed by atoms with Gasteiger partial charge in [0.2, 0.25) is 9.84 Å². The summed E-state index contributed by atoms with van der Waals surface area (Å²) in [7, 11) is -1.78. The maximum Gasteiger partial charge on any atom is 0.212 e. The third kappa shape index (κ3) is 5.08. The molecule has 2 aliphatic rings. The van der Waals surface area contributed by atoms with Gasteiger partial charge < -0.3 is 19.4 Å². The van der Waals surface area contributed by atoms with Crippen molar-refractivity contribution in [3.8, 4) is 0 Å². The molecule has 3 rings (SSSR count). The normalized spacial score (nSPS) is 25.7. The van der Waals surface area contributed by atoms with Crippen LogP contribution in [0.3, 0.4) is 0 Å². The Kier molecular flexibility index (Phi) is 7.27. The van der Waals surface area contributed by atoms with Gasteiger partial charge in [0.05, 0.1) is 19.5 Å². The number of aryl methyl sites for hydroxylation is 1. The molecular weight excluding hydrogens is 368 g/mol. The van der Waals surface area contributed by atoms with Gasteiger partial charge in [-0.05, 0) is 12.8 Å². The highest BCUT2D eigenvalue weighted by Crippen LogP contribution is 2.24. The fourth-order valence-electron chi connectivity index (χ4n) is 3.75. The first-order valence-electron chi connectivity index (χ1n) is 9.94. The Labute approximate surface area is 161 Å². The van der Waals surface area contributed by atoms with Crippen LogP contribution in [0.15, 0.2) is 17.6 Å². The predicted octanol–water partition coefficient (Wildman–Crippen LogP) is 1.04. The van der Waals surface area contributed by atoms with Crippen molar-refractivity contribution >= 4 is 9.84 Å². The van der Waals surface area contributed by atoms with Crippen LogP contribution in [0.2, 0.25) is 0 Å². The first kappa shape index (κ1) is 20.7. The van der Waals surface area contributed by atoms with Gasteiger partial charge in [0.25, 0.3) is 0 Å². The number of hydrogen-bond donors (Lipinski definition) is 2. The van der Waals surface area contributed by atoms with Gasteiger partial charge in [0.15, 0.2) is 11.3 Å². The molecule has 3 atom stereocenters. The Balaban J connectivity index is 1.74. The van der Waals surface area contributed by atoms with E-state index in [4.69, 9.17) is 9.47 Å². The molecule has 0 aliphatic carbocycles. The third-order valence-electron chi connectivity index (χ3n) is 5.28. The molecule has 2 N–H and O–H groups in total. The van der Waals surface area contributed by atoms with Gasteiger partial charge in [-0.1, -0.05) is 26.2 Å². The Hall–Kier alpha value is -1.00. The van der Waals surface area contributed by atoms with Crippen LogP contribution in [0, 0.1) is 5.92 Å². The van der Waals surface area contributed by atoms with Crippen LogP contribution in [0.1, 0.15) is 39.0 Å². The van der Waals surface area contributed by atoms with Crippen LogP contribution >= 0.6 is 0 Å². The van der Waals surface area contributed by atoms with Crippen LogP contribution in [-0.4, -0.2) is 62.0 Å². The minimum absolute atomic E-state index is 0.0155. The zero-order valence-corrected chi connectivity index (χ0v) is 17.1. The Morgan fingerprint density at radius 3 is 2.78 bits per heavy atom. The van der Waals surface area contributed by atoms with Crippen molar-refractivity contribution in [2.24, 2.45) is 13.0 Å². The van der Waals surface area contributed by atoms with Gasteiger partial charge in [-0.15, -0.1) is 0 Å². The maximum absolute atomic E-state index is 13.2. The van der Waals surface area contributed by atoms with E-state index in [-0.39, 0.29) is 23.3 Å². The molecule has 0 aromatic carbocycles. The zero-order chi connectivity index (χ0) is 19.3. The highest BCUT2D eigenvalue weighted by atomic mass is 32.2. The minimum Gasteiger partial charge on any atom is -0.352 e. The lowest BCUT2D eigenvalue weighted by Crippen LogP contribution is -2.50. The summed E-state index contributed by atoms with van der Waals surface area (Å²) in [6.07, 6.45) is 7.22. The van der Waals surface area contributed by atoms with Crippen LogP contribution in [0.4, 0.5) is 0 Å². The molecule has 8 nitrogen and oxygen atoms in total. The van der Waals surface area contributed by atoms with Crippen molar-refractivity contribution in [2.75, 3.05) is 26.3 Å². The van der Waals surface area contributed by atoms with E-state index in [1.54, 1.807) is 17.8 Å². The molecule has 1 aromatic heterocycles. The SMILES string of the molecule is CCCCCC(NC1CNCC1C1OCCCO1)S(=O)(=O)c1cn(C)cn1. The van der Waals surface area contributed by atoms with Crippen molar-refractivity contribution < 1.29 is 17.9 Å². The van der Waals surface area contributed by atoms with Crippen molar-refractivity contribution in [3.63, 3.8) is 0 Å². The number of rotatable bonds is 9. The van der Waals surface area contributed by atoms with E-state index in [1.807, 2.05) is 0 Å². The number of hydrogen-bond acceptors (Lipinski definition) is 7. The lowest BCUT2D eigenvalue weighted by Gasteiger charge is -2.33. The average molecular weight is 401 g/mol. The van der Waals surface area contributed by atoms with E-state index < -0.39 is 15.2 Å². The first-order chi connectivity index (χ1) is 13.0. The maximum atomic E-state index is 13.2. The molecule has 0 spiro atoms. The smallest absolute Gasteiger partial charge is 0.212 e. The minimum atomic E-state index is -3.55. The van der Waals surface area contributed by atoms with E-state index in [0.717, 1.165) is 32.2 Å². The second-order valence-corrected chi connectivity index (χ2v) is 9.54. The van der Waals surface area contributed by atoms with Crippen LogP contribution < -0.4 is 10.6 Å². The second-order valence-electron chi connectivity index (χ2n) is 7.47. The number of ether oxygens (including phenoxy) is 2. The molecule has 3 heterocycles. The van der Waals surface area contributed by atoms with E-state index >= 15 is 0 Å². The molecule has 1 aromatic rings. The van der Waals surface area contributed by atoms with Gasteiger partial charge in [-0.25, -0.2) is 13.4 Å². The number of imidazole rings is 1. The van der Waals surface area contributed by atoms with E-state index in [9.17, 15) is 8.42 Å². The summed E-state index contributed by atoms with van der Waals surface area (Å²) in [4.78, 5) is 4.09. The second kappa shape index (κ2) is 9.47. The summed E-state index contributed by atoms with van der Waals surface area (Å²) in [5.74, 6) is 0.0953. The van der Waals surface area contributed by atoms with Crippen LogP contribution in [0.5, 0.6) is 0 Å². The summed E-state index contributed by atoms with van der Waals surface area (Å²) in [6, 6.07) is -0.0155. The average Bonchev–Trinajstić information content (AvgIpc) is 3.31. The van der Waals surface area contributed by atoms with Gasteiger partial charge in [0.1, 0.15) is 5.37 Å². The number of unbranched alkanes of at least 4 members (excludes halogenated alkanes) is 2. The summed E-state index contributed by atoms with van der Waals surface area (Å²) in [6.45, 7) is 4.97. The van der Waals surface area contributed by atoms with E-state index in [1.165, 1.54) is 6.33 Å². The largest absolute Gasteiger partial charge is 0.352 e. The summed E-state index contributed by atoms with van der Waals surface area (Å²) < 4.78 is 39.6. The van der Waals surface area contributed by atoms with Gasteiger partial charge in [-0.2, -0.15) is 0 Å². The topological polar surface area (TPSA) is 94.5 Å². The van der Waals surface area contributed by atoms with Gasteiger partial charge in [0, 0.05) is 38.3 Å². The van der Waals surface area contributed by atoms with Crippen molar-refractivity contribution in [1.82, 2.24) is 20.2 Å². The number of sulfone groups is 1. The fourth-order valence-corrected chi connectivity index (χ4v) is 5.38.